The number of nitrogens with zero attached hydrogens (tertiary/aromatic N) is 3. The zero-order valence-corrected chi connectivity index (χ0v) is 18.5. The molecule has 0 radical (unpaired) electrons. The van der Waals surface area contributed by atoms with Crippen LogP contribution in [0.3, 0.4) is 0 Å². The van der Waals surface area contributed by atoms with E-state index in [1.807, 2.05) is 28.7 Å². The Hall–Kier alpha value is -3.06. The Bertz CT molecular complexity index is 1300. The largest absolute Gasteiger partial charge is 0.497 e. The first-order valence-corrected chi connectivity index (χ1v) is 11.5. The van der Waals surface area contributed by atoms with Crippen LogP contribution >= 0.6 is 11.8 Å². The molecule has 158 valence electrons. The van der Waals surface area contributed by atoms with Crippen LogP contribution in [-0.2, 0) is 17.6 Å². The van der Waals surface area contributed by atoms with E-state index in [4.69, 9.17) is 4.74 Å². The smallest absolute Gasteiger partial charge is 0.225 e. The van der Waals surface area contributed by atoms with Crippen molar-refractivity contribution in [1.82, 2.24) is 14.6 Å². The number of carbonyl (C=O) groups is 1. The number of pyridine rings is 1. The third kappa shape index (κ3) is 3.85. The molecule has 0 unspecified atom stereocenters. The highest BCUT2D eigenvalue weighted by atomic mass is 32.2. The number of hydrogen-bond acceptors (Lipinski definition) is 5. The van der Waals surface area contributed by atoms with Crippen molar-refractivity contribution in [3.05, 3.63) is 59.2 Å². The van der Waals surface area contributed by atoms with Gasteiger partial charge in [0.1, 0.15) is 5.75 Å². The van der Waals surface area contributed by atoms with Gasteiger partial charge in [-0.15, -0.1) is 10.2 Å². The molecule has 0 aliphatic heterocycles. The van der Waals surface area contributed by atoms with Crippen LogP contribution in [0.1, 0.15) is 29.5 Å². The Morgan fingerprint density at radius 3 is 2.87 bits per heavy atom. The summed E-state index contributed by atoms with van der Waals surface area (Å²) in [6, 6.07) is 14.3. The van der Waals surface area contributed by atoms with Crippen LogP contribution in [0.4, 0.5) is 5.69 Å². The van der Waals surface area contributed by atoms with Gasteiger partial charge in [-0.05, 0) is 73.2 Å². The number of methoxy groups -OCH3 is 1. The molecule has 5 rings (SSSR count). The van der Waals surface area contributed by atoms with Crippen molar-refractivity contribution in [3.8, 4) is 5.75 Å². The van der Waals surface area contributed by atoms with E-state index in [2.05, 4.69) is 40.6 Å². The molecule has 4 aromatic rings. The molecular weight excluding hydrogens is 408 g/mol. The Morgan fingerprint density at radius 1 is 1.13 bits per heavy atom. The lowest BCUT2D eigenvalue weighted by Crippen LogP contribution is -2.12. The van der Waals surface area contributed by atoms with Gasteiger partial charge in [0.2, 0.25) is 5.91 Å². The van der Waals surface area contributed by atoms with Crippen molar-refractivity contribution < 1.29 is 9.53 Å². The minimum Gasteiger partial charge on any atom is -0.497 e. The highest BCUT2D eigenvalue weighted by molar-refractivity contribution is 7.99. The first kappa shape index (κ1) is 19.9. The lowest BCUT2D eigenvalue weighted by molar-refractivity contribution is -0.115. The molecular formula is C24H24N4O2S. The fourth-order valence-corrected chi connectivity index (χ4v) is 5.12. The van der Waals surface area contributed by atoms with E-state index in [1.165, 1.54) is 29.3 Å². The Labute approximate surface area is 185 Å². The molecule has 2 aromatic carbocycles. The molecule has 1 aliphatic carbocycles. The van der Waals surface area contributed by atoms with Crippen LogP contribution < -0.4 is 10.1 Å². The summed E-state index contributed by atoms with van der Waals surface area (Å²) in [5.74, 6) is 1.43. The van der Waals surface area contributed by atoms with Crippen molar-refractivity contribution in [2.24, 2.45) is 0 Å². The van der Waals surface area contributed by atoms with Crippen LogP contribution in [0, 0.1) is 6.92 Å². The zero-order chi connectivity index (χ0) is 21.4. The lowest BCUT2D eigenvalue weighted by Gasteiger charge is -2.09. The molecule has 1 aliphatic rings. The summed E-state index contributed by atoms with van der Waals surface area (Å²) in [5.41, 5.74) is 6.60. The summed E-state index contributed by atoms with van der Waals surface area (Å²) in [6.45, 7) is 2.07. The van der Waals surface area contributed by atoms with Crippen LogP contribution in [0.15, 0.2) is 47.6 Å². The van der Waals surface area contributed by atoms with Gasteiger partial charge in [-0.25, -0.2) is 0 Å². The van der Waals surface area contributed by atoms with Crippen molar-refractivity contribution in [2.45, 2.75) is 37.8 Å². The van der Waals surface area contributed by atoms with Crippen LogP contribution in [-0.4, -0.2) is 33.4 Å². The highest BCUT2D eigenvalue weighted by Crippen LogP contribution is 2.29. The monoisotopic (exact) mass is 432 g/mol. The molecule has 6 nitrogen and oxygen atoms in total. The van der Waals surface area contributed by atoms with Crippen molar-refractivity contribution >= 4 is 39.9 Å². The molecule has 7 heteroatoms. The summed E-state index contributed by atoms with van der Waals surface area (Å²) < 4.78 is 7.45. The van der Waals surface area contributed by atoms with Crippen LogP contribution in [0.5, 0.6) is 5.75 Å². The molecule has 2 aromatic heterocycles. The molecule has 0 spiro atoms. The van der Waals surface area contributed by atoms with Gasteiger partial charge < -0.3 is 10.1 Å². The number of ether oxygens (including phenoxy) is 1. The molecule has 1 amide bonds. The predicted octanol–water partition coefficient (Wildman–Crippen LogP) is 4.81. The van der Waals surface area contributed by atoms with Gasteiger partial charge in [0.15, 0.2) is 10.8 Å². The summed E-state index contributed by atoms with van der Waals surface area (Å²) in [7, 11) is 1.66. The van der Waals surface area contributed by atoms with Gasteiger partial charge in [-0.1, -0.05) is 17.8 Å². The fourth-order valence-electron chi connectivity index (χ4n) is 4.23. The number of rotatable bonds is 6. The van der Waals surface area contributed by atoms with E-state index in [0.29, 0.717) is 12.2 Å². The maximum atomic E-state index is 12.5. The number of amides is 1. The maximum Gasteiger partial charge on any atom is 0.225 e. The number of anilines is 1. The Balaban J connectivity index is 1.30. The van der Waals surface area contributed by atoms with E-state index >= 15 is 0 Å². The molecule has 2 heterocycles. The molecule has 0 bridgehead atoms. The second kappa shape index (κ2) is 8.23. The number of hydrogen-bond donors (Lipinski definition) is 1. The van der Waals surface area contributed by atoms with Gasteiger partial charge in [-0.3, -0.25) is 9.20 Å². The SMILES string of the molecule is COc1ccc2c(C)cc3nnc(SCCC(=O)Nc4ccc5c(c4)CCC5)n3c2c1. The van der Waals surface area contributed by atoms with Gasteiger partial charge in [0, 0.05) is 29.3 Å². The predicted molar refractivity (Wildman–Crippen MR) is 124 cm³/mol. The summed E-state index contributed by atoms with van der Waals surface area (Å²) in [6.07, 6.45) is 3.86. The maximum absolute atomic E-state index is 12.5. The first-order valence-electron chi connectivity index (χ1n) is 10.5. The summed E-state index contributed by atoms with van der Waals surface area (Å²) >= 11 is 1.54. The minimum absolute atomic E-state index is 0.0154. The standard InChI is InChI=1S/C24H24N4O2S/c1-15-12-22-26-27-24(28(22)21-14-19(30-2)8-9-20(15)21)31-11-10-23(29)25-18-7-6-16-4-3-5-17(16)13-18/h6-9,12-14H,3-5,10-11H2,1-2H3,(H,25,29). The second-order valence-electron chi connectivity index (χ2n) is 7.87. The number of fused-ring (bicyclic) bond motifs is 4. The number of benzene rings is 2. The number of nitrogens with one attached hydrogen (secondary N) is 1. The van der Waals surface area contributed by atoms with E-state index in [0.717, 1.165) is 51.5 Å². The van der Waals surface area contributed by atoms with Gasteiger partial charge >= 0.3 is 0 Å². The van der Waals surface area contributed by atoms with E-state index in [9.17, 15) is 4.79 Å². The zero-order valence-electron chi connectivity index (χ0n) is 17.6. The highest BCUT2D eigenvalue weighted by Gasteiger charge is 2.14. The summed E-state index contributed by atoms with van der Waals surface area (Å²) in [5, 5.41) is 13.6. The van der Waals surface area contributed by atoms with Crippen molar-refractivity contribution in [1.29, 1.82) is 0 Å². The molecule has 0 fully saturated rings. The molecule has 0 saturated heterocycles. The molecule has 1 N–H and O–H groups in total. The van der Waals surface area contributed by atoms with Crippen LogP contribution in [0.25, 0.3) is 16.6 Å². The van der Waals surface area contributed by atoms with Crippen molar-refractivity contribution in [2.75, 3.05) is 18.2 Å². The fraction of sp³-hybridized carbons (Fsp3) is 0.292. The van der Waals surface area contributed by atoms with Gasteiger partial charge in [0.25, 0.3) is 0 Å². The normalized spacial score (nSPS) is 13.0. The van der Waals surface area contributed by atoms with Gasteiger partial charge in [-0.2, -0.15) is 0 Å². The quantitative estimate of drug-likeness (QED) is 0.443. The average Bonchev–Trinajstić information content (AvgIpc) is 3.40. The Morgan fingerprint density at radius 2 is 2.00 bits per heavy atom. The lowest BCUT2D eigenvalue weighted by atomic mass is 10.1. The number of aryl methyl sites for hydroxylation is 3. The van der Waals surface area contributed by atoms with E-state index in [-0.39, 0.29) is 5.91 Å². The van der Waals surface area contributed by atoms with Gasteiger partial charge in [0.05, 0.1) is 12.6 Å². The molecule has 31 heavy (non-hydrogen) atoms. The number of aromatic nitrogens is 3. The second-order valence-corrected chi connectivity index (χ2v) is 8.93. The van der Waals surface area contributed by atoms with E-state index < -0.39 is 0 Å². The minimum atomic E-state index is 0.0154. The molecule has 0 atom stereocenters. The third-order valence-corrected chi connectivity index (χ3v) is 6.75. The van der Waals surface area contributed by atoms with Crippen LogP contribution in [0.2, 0.25) is 0 Å². The molecule has 0 saturated carbocycles. The number of carbonyl (C=O) groups excluding carboxylic acids is 1. The van der Waals surface area contributed by atoms with E-state index in [1.54, 1.807) is 7.11 Å². The number of thioether (sulfide) groups is 1. The third-order valence-electron chi connectivity index (χ3n) is 5.82. The van der Waals surface area contributed by atoms with Crippen molar-refractivity contribution in [3.63, 3.8) is 0 Å². The summed E-state index contributed by atoms with van der Waals surface area (Å²) in [4.78, 5) is 12.5. The first-order chi connectivity index (χ1) is 15.1. The average molecular weight is 433 g/mol. The Kier molecular flexibility index (Phi) is 5.28. The topological polar surface area (TPSA) is 68.5 Å².